The number of para-hydroxylation sites is 1. The van der Waals surface area contributed by atoms with E-state index < -0.39 is 6.09 Å². The number of ether oxygens (including phenoxy) is 1. The van der Waals surface area contributed by atoms with Gasteiger partial charge in [-0.25, -0.2) is 4.79 Å². The van der Waals surface area contributed by atoms with Gasteiger partial charge in [0, 0.05) is 10.2 Å². The predicted molar refractivity (Wildman–Crippen MR) is 79.6 cm³/mol. The lowest BCUT2D eigenvalue weighted by molar-refractivity contribution is 0.215. The topological polar surface area (TPSA) is 38.3 Å². The summed E-state index contributed by atoms with van der Waals surface area (Å²) in [6.07, 6.45) is 0.402. The Kier molecular flexibility index (Phi) is 4.58. The van der Waals surface area contributed by atoms with Gasteiger partial charge in [0.2, 0.25) is 0 Å². The summed E-state index contributed by atoms with van der Waals surface area (Å²) in [4.78, 5) is 11.7. The second-order valence-corrected chi connectivity index (χ2v) is 4.84. The van der Waals surface area contributed by atoms with Crippen molar-refractivity contribution < 1.29 is 9.53 Å². The first kappa shape index (κ1) is 13.6. The van der Waals surface area contributed by atoms with Gasteiger partial charge in [0.25, 0.3) is 0 Å². The van der Waals surface area contributed by atoms with E-state index in [-0.39, 0.29) is 0 Å². The quantitative estimate of drug-likeness (QED) is 0.896. The van der Waals surface area contributed by atoms with Crippen molar-refractivity contribution in [3.63, 3.8) is 0 Å². The van der Waals surface area contributed by atoms with E-state index >= 15 is 0 Å². The minimum absolute atomic E-state index is 0.490. The van der Waals surface area contributed by atoms with Crippen molar-refractivity contribution in [1.82, 2.24) is 0 Å². The summed E-state index contributed by atoms with van der Waals surface area (Å²) in [5.41, 5.74) is 1.86. The molecule has 0 saturated carbocycles. The third-order valence-electron chi connectivity index (χ3n) is 2.63. The molecule has 1 N–H and O–H groups in total. The largest absolute Gasteiger partial charge is 0.417 e. The summed E-state index contributed by atoms with van der Waals surface area (Å²) in [6.45, 7) is 2.06. The molecule has 3 nitrogen and oxygen atoms in total. The molecule has 2 rings (SSSR count). The Bertz CT molecular complexity index is 570. The lowest BCUT2D eigenvalue weighted by atomic mass is 10.1. The summed E-state index contributed by atoms with van der Waals surface area (Å²) < 4.78 is 6.20. The van der Waals surface area contributed by atoms with Gasteiger partial charge >= 0.3 is 6.09 Å². The van der Waals surface area contributed by atoms with Crippen LogP contribution in [-0.2, 0) is 6.42 Å². The van der Waals surface area contributed by atoms with Crippen molar-refractivity contribution >= 4 is 27.7 Å². The first-order valence-electron chi connectivity index (χ1n) is 6.01. The second kappa shape index (κ2) is 6.38. The van der Waals surface area contributed by atoms with Crippen LogP contribution in [0.15, 0.2) is 53.0 Å². The van der Waals surface area contributed by atoms with Crippen LogP contribution in [0.4, 0.5) is 10.5 Å². The van der Waals surface area contributed by atoms with Crippen LogP contribution in [-0.4, -0.2) is 6.09 Å². The van der Waals surface area contributed by atoms with Crippen LogP contribution in [0.25, 0.3) is 0 Å². The van der Waals surface area contributed by atoms with Gasteiger partial charge in [-0.3, -0.25) is 5.32 Å². The maximum atomic E-state index is 11.7. The molecule has 0 aliphatic carbocycles. The lowest BCUT2D eigenvalue weighted by Gasteiger charge is -2.08. The minimum Gasteiger partial charge on any atom is -0.410 e. The summed E-state index contributed by atoms with van der Waals surface area (Å²) >= 11 is 3.47. The Morgan fingerprint density at radius 2 is 1.95 bits per heavy atom. The lowest BCUT2D eigenvalue weighted by Crippen LogP contribution is -2.16. The number of rotatable bonds is 3. The average Bonchev–Trinajstić information content (AvgIpc) is 2.42. The molecule has 98 valence electrons. The van der Waals surface area contributed by atoms with Crippen LogP contribution in [0.3, 0.4) is 0 Å². The highest BCUT2D eigenvalue weighted by atomic mass is 79.9. The molecule has 4 heteroatoms. The zero-order valence-electron chi connectivity index (χ0n) is 10.5. The molecule has 0 spiro atoms. The molecule has 0 aliphatic rings. The van der Waals surface area contributed by atoms with Crippen molar-refractivity contribution in [2.75, 3.05) is 5.32 Å². The fourth-order valence-corrected chi connectivity index (χ4v) is 2.19. The summed E-state index contributed by atoms with van der Waals surface area (Å²) in [5, 5.41) is 2.71. The number of nitrogens with one attached hydrogen (secondary N) is 1. The Morgan fingerprint density at radius 3 is 2.63 bits per heavy atom. The molecule has 2 aromatic rings. The molecule has 0 fully saturated rings. The molecule has 2 aromatic carbocycles. The van der Waals surface area contributed by atoms with Crippen molar-refractivity contribution in [2.24, 2.45) is 0 Å². The van der Waals surface area contributed by atoms with Crippen molar-refractivity contribution in [3.05, 3.63) is 58.6 Å². The second-order valence-electron chi connectivity index (χ2n) is 3.99. The van der Waals surface area contributed by atoms with Crippen molar-refractivity contribution in [2.45, 2.75) is 13.3 Å². The fraction of sp³-hybridized carbons (Fsp3) is 0.133. The molecule has 0 aromatic heterocycles. The van der Waals surface area contributed by atoms with Gasteiger partial charge in [-0.05, 0) is 42.3 Å². The fourth-order valence-electron chi connectivity index (χ4n) is 1.66. The third kappa shape index (κ3) is 3.83. The van der Waals surface area contributed by atoms with Crippen LogP contribution >= 0.6 is 15.9 Å². The first-order chi connectivity index (χ1) is 9.19. The number of hydrogen-bond acceptors (Lipinski definition) is 2. The zero-order valence-corrected chi connectivity index (χ0v) is 12.1. The van der Waals surface area contributed by atoms with Gasteiger partial charge in [0.05, 0.1) is 0 Å². The van der Waals surface area contributed by atoms with E-state index in [2.05, 4.69) is 28.2 Å². The summed E-state index contributed by atoms with van der Waals surface area (Å²) in [5.74, 6) is 0.521. The van der Waals surface area contributed by atoms with E-state index in [1.165, 1.54) is 0 Å². The monoisotopic (exact) mass is 319 g/mol. The smallest absolute Gasteiger partial charge is 0.410 e. The van der Waals surface area contributed by atoms with Gasteiger partial charge in [0.15, 0.2) is 0 Å². The molecule has 0 heterocycles. The van der Waals surface area contributed by atoms with Gasteiger partial charge in [0.1, 0.15) is 5.75 Å². The van der Waals surface area contributed by atoms with Crippen molar-refractivity contribution in [3.8, 4) is 5.75 Å². The highest BCUT2D eigenvalue weighted by Gasteiger charge is 2.06. The summed E-state index contributed by atoms with van der Waals surface area (Å²) in [6, 6.07) is 14.6. The maximum Gasteiger partial charge on any atom is 0.417 e. The van der Waals surface area contributed by atoms with E-state index in [9.17, 15) is 4.79 Å². The summed E-state index contributed by atoms with van der Waals surface area (Å²) in [7, 11) is 0. The highest BCUT2D eigenvalue weighted by molar-refractivity contribution is 9.10. The maximum absolute atomic E-state index is 11.7. The standard InChI is InChI=1S/C15H14BrNO2/c1-2-11-10-12(8-9-14(11)16)17-15(18)19-13-6-4-3-5-7-13/h3-10H,2H2,1H3,(H,17,18). The highest BCUT2D eigenvalue weighted by Crippen LogP contribution is 2.21. The molecule has 1 amide bonds. The third-order valence-corrected chi connectivity index (χ3v) is 3.40. The van der Waals surface area contributed by atoms with Gasteiger partial charge < -0.3 is 4.74 Å². The average molecular weight is 320 g/mol. The van der Waals surface area contributed by atoms with E-state index in [0.717, 1.165) is 22.1 Å². The van der Waals surface area contributed by atoms with Crippen LogP contribution in [0, 0.1) is 0 Å². The Labute approximate surface area is 120 Å². The van der Waals surface area contributed by atoms with Gasteiger partial charge in [-0.2, -0.15) is 0 Å². The SMILES string of the molecule is CCc1cc(NC(=O)Oc2ccccc2)ccc1Br. The molecule has 0 bridgehead atoms. The van der Waals surface area contributed by atoms with E-state index in [0.29, 0.717) is 5.75 Å². The molecular weight excluding hydrogens is 306 g/mol. The molecule has 19 heavy (non-hydrogen) atoms. The number of carbonyl (C=O) groups excluding carboxylic acids is 1. The minimum atomic E-state index is -0.490. The number of halogens is 1. The van der Waals surface area contributed by atoms with Crippen LogP contribution in [0.5, 0.6) is 5.75 Å². The molecule has 0 aliphatic heterocycles. The molecule has 0 saturated heterocycles. The zero-order chi connectivity index (χ0) is 13.7. The number of anilines is 1. The molecular formula is C15H14BrNO2. The van der Waals surface area contributed by atoms with E-state index in [1.54, 1.807) is 12.1 Å². The van der Waals surface area contributed by atoms with Crippen molar-refractivity contribution in [1.29, 1.82) is 0 Å². The number of aryl methyl sites for hydroxylation is 1. The van der Waals surface area contributed by atoms with E-state index in [1.807, 2.05) is 36.4 Å². The molecule has 0 radical (unpaired) electrons. The number of carbonyl (C=O) groups is 1. The van der Waals surface area contributed by atoms with Gasteiger partial charge in [-0.1, -0.05) is 41.1 Å². The Morgan fingerprint density at radius 1 is 1.21 bits per heavy atom. The van der Waals surface area contributed by atoms with Crippen LogP contribution in [0.1, 0.15) is 12.5 Å². The number of benzene rings is 2. The molecule has 0 atom stereocenters. The van der Waals surface area contributed by atoms with Gasteiger partial charge in [-0.15, -0.1) is 0 Å². The number of amides is 1. The Hall–Kier alpha value is -1.81. The molecule has 0 unspecified atom stereocenters. The van der Waals surface area contributed by atoms with Crippen LogP contribution in [0.2, 0.25) is 0 Å². The number of hydrogen-bond donors (Lipinski definition) is 1. The van der Waals surface area contributed by atoms with E-state index in [4.69, 9.17) is 4.74 Å². The predicted octanol–water partition coefficient (Wildman–Crippen LogP) is 4.62. The normalized spacial score (nSPS) is 10.0. The first-order valence-corrected chi connectivity index (χ1v) is 6.80. The Balaban J connectivity index is 2.03. The van der Waals surface area contributed by atoms with Crippen LogP contribution < -0.4 is 10.1 Å².